The van der Waals surface area contributed by atoms with E-state index in [0.717, 1.165) is 11.3 Å². The van der Waals surface area contributed by atoms with E-state index in [0.29, 0.717) is 25.3 Å². The standard InChI is InChI=1S/C14H21N3O2/c1-10-8-11(16-15)4-5-12(10)13(18)17-6-7-19-9-14(17,2)3/h4-5,8,16H,6-7,9,15H2,1-3H3. The molecule has 1 aliphatic heterocycles. The molecule has 5 nitrogen and oxygen atoms in total. The summed E-state index contributed by atoms with van der Waals surface area (Å²) in [6.45, 7) is 7.75. The van der Waals surface area contributed by atoms with Crippen LogP contribution in [0.1, 0.15) is 29.8 Å². The van der Waals surface area contributed by atoms with Crippen LogP contribution < -0.4 is 11.3 Å². The van der Waals surface area contributed by atoms with Gasteiger partial charge in [-0.15, -0.1) is 0 Å². The number of hydrazine groups is 1. The third-order valence-corrected chi connectivity index (χ3v) is 3.51. The topological polar surface area (TPSA) is 67.6 Å². The highest BCUT2D eigenvalue weighted by Gasteiger charge is 2.34. The van der Waals surface area contributed by atoms with Gasteiger partial charge in [0.25, 0.3) is 5.91 Å². The highest BCUT2D eigenvalue weighted by molar-refractivity contribution is 5.96. The predicted molar refractivity (Wildman–Crippen MR) is 74.9 cm³/mol. The molecule has 0 radical (unpaired) electrons. The minimum absolute atomic E-state index is 0.0503. The molecule has 1 amide bonds. The predicted octanol–water partition coefficient (Wildman–Crippen LogP) is 1.53. The molecule has 0 unspecified atom stereocenters. The van der Waals surface area contributed by atoms with Gasteiger partial charge in [0.2, 0.25) is 0 Å². The fourth-order valence-corrected chi connectivity index (χ4v) is 2.37. The summed E-state index contributed by atoms with van der Waals surface area (Å²) >= 11 is 0. The third-order valence-electron chi connectivity index (χ3n) is 3.51. The maximum Gasteiger partial charge on any atom is 0.254 e. The first-order valence-electron chi connectivity index (χ1n) is 6.43. The molecule has 3 N–H and O–H groups in total. The van der Waals surface area contributed by atoms with Crippen molar-refractivity contribution in [2.75, 3.05) is 25.2 Å². The largest absolute Gasteiger partial charge is 0.377 e. The van der Waals surface area contributed by atoms with Crippen LogP contribution in [-0.2, 0) is 4.74 Å². The molecule has 0 aromatic heterocycles. The Morgan fingerprint density at radius 3 is 2.79 bits per heavy atom. The lowest BCUT2D eigenvalue weighted by atomic mass is 9.99. The van der Waals surface area contributed by atoms with E-state index in [1.165, 1.54) is 0 Å². The normalized spacial score (nSPS) is 18.2. The number of nitrogens with two attached hydrogens (primary N) is 1. The summed E-state index contributed by atoms with van der Waals surface area (Å²) in [5, 5.41) is 0. The van der Waals surface area contributed by atoms with Gasteiger partial charge in [0.05, 0.1) is 18.8 Å². The molecule has 1 aromatic rings. The molecule has 2 rings (SSSR count). The van der Waals surface area contributed by atoms with Gasteiger partial charge in [0, 0.05) is 17.8 Å². The molecular weight excluding hydrogens is 242 g/mol. The number of amides is 1. The number of rotatable bonds is 2. The van der Waals surface area contributed by atoms with Crippen LogP contribution in [0.4, 0.5) is 5.69 Å². The molecule has 0 saturated carbocycles. The summed E-state index contributed by atoms with van der Waals surface area (Å²) in [5.41, 5.74) is 4.75. The Morgan fingerprint density at radius 1 is 1.47 bits per heavy atom. The van der Waals surface area contributed by atoms with Gasteiger partial charge >= 0.3 is 0 Å². The molecule has 19 heavy (non-hydrogen) atoms. The minimum atomic E-state index is -0.271. The molecule has 1 saturated heterocycles. The van der Waals surface area contributed by atoms with Crippen LogP contribution in [-0.4, -0.2) is 36.1 Å². The van der Waals surface area contributed by atoms with E-state index < -0.39 is 0 Å². The molecule has 1 heterocycles. The van der Waals surface area contributed by atoms with E-state index in [-0.39, 0.29) is 11.4 Å². The molecule has 104 valence electrons. The number of hydrogen-bond acceptors (Lipinski definition) is 4. The summed E-state index contributed by atoms with van der Waals surface area (Å²) in [5.74, 6) is 5.42. The van der Waals surface area contributed by atoms with Crippen LogP contribution >= 0.6 is 0 Å². The molecule has 1 aliphatic rings. The van der Waals surface area contributed by atoms with Crippen molar-refractivity contribution in [3.05, 3.63) is 29.3 Å². The smallest absolute Gasteiger partial charge is 0.254 e. The molecule has 0 atom stereocenters. The van der Waals surface area contributed by atoms with Crippen LogP contribution in [0.2, 0.25) is 0 Å². The van der Waals surface area contributed by atoms with Crippen molar-refractivity contribution in [2.45, 2.75) is 26.3 Å². The monoisotopic (exact) mass is 263 g/mol. The van der Waals surface area contributed by atoms with Crippen molar-refractivity contribution >= 4 is 11.6 Å². The summed E-state index contributed by atoms with van der Waals surface area (Å²) in [7, 11) is 0. The Hall–Kier alpha value is -1.59. The maximum atomic E-state index is 12.7. The van der Waals surface area contributed by atoms with E-state index in [4.69, 9.17) is 10.6 Å². The molecule has 1 aromatic carbocycles. The first-order valence-corrected chi connectivity index (χ1v) is 6.43. The van der Waals surface area contributed by atoms with Gasteiger partial charge in [-0.3, -0.25) is 10.6 Å². The number of carbonyl (C=O) groups excluding carboxylic acids is 1. The van der Waals surface area contributed by atoms with Crippen molar-refractivity contribution in [2.24, 2.45) is 5.84 Å². The summed E-state index contributed by atoms with van der Waals surface area (Å²) < 4.78 is 5.45. The average molecular weight is 263 g/mol. The van der Waals surface area contributed by atoms with Gasteiger partial charge in [-0.25, -0.2) is 0 Å². The van der Waals surface area contributed by atoms with E-state index in [2.05, 4.69) is 5.43 Å². The molecule has 0 spiro atoms. The zero-order chi connectivity index (χ0) is 14.0. The fraction of sp³-hybridized carbons (Fsp3) is 0.500. The van der Waals surface area contributed by atoms with Crippen LogP contribution in [0, 0.1) is 6.92 Å². The van der Waals surface area contributed by atoms with Crippen LogP contribution in [0.3, 0.4) is 0 Å². The van der Waals surface area contributed by atoms with Crippen LogP contribution in [0.5, 0.6) is 0 Å². The fourth-order valence-electron chi connectivity index (χ4n) is 2.37. The van der Waals surface area contributed by atoms with Gasteiger partial charge in [-0.1, -0.05) is 0 Å². The Morgan fingerprint density at radius 2 is 2.21 bits per heavy atom. The third kappa shape index (κ3) is 2.72. The Bertz CT molecular complexity index is 486. The summed E-state index contributed by atoms with van der Waals surface area (Å²) in [6, 6.07) is 5.51. The van der Waals surface area contributed by atoms with Crippen molar-refractivity contribution in [1.29, 1.82) is 0 Å². The second kappa shape index (κ2) is 5.19. The van der Waals surface area contributed by atoms with E-state index in [9.17, 15) is 4.79 Å². The van der Waals surface area contributed by atoms with Gasteiger partial charge in [0.15, 0.2) is 0 Å². The van der Waals surface area contributed by atoms with Gasteiger partial charge in [0.1, 0.15) is 0 Å². The number of nitrogen functional groups attached to an aromatic ring is 1. The Kier molecular flexibility index (Phi) is 3.78. The number of anilines is 1. The maximum absolute atomic E-state index is 12.7. The first-order chi connectivity index (χ1) is 8.95. The van der Waals surface area contributed by atoms with Crippen molar-refractivity contribution in [3.63, 3.8) is 0 Å². The number of morpholine rings is 1. The van der Waals surface area contributed by atoms with E-state index in [1.54, 1.807) is 0 Å². The van der Waals surface area contributed by atoms with Gasteiger partial charge in [-0.05, 0) is 44.5 Å². The van der Waals surface area contributed by atoms with Crippen molar-refractivity contribution in [1.82, 2.24) is 4.90 Å². The minimum Gasteiger partial charge on any atom is -0.377 e. The zero-order valence-electron chi connectivity index (χ0n) is 11.7. The number of nitrogens with one attached hydrogen (secondary N) is 1. The van der Waals surface area contributed by atoms with Crippen molar-refractivity contribution in [3.8, 4) is 0 Å². The number of aryl methyl sites for hydroxylation is 1. The lowest BCUT2D eigenvalue weighted by molar-refractivity contribution is -0.0370. The van der Waals surface area contributed by atoms with Crippen LogP contribution in [0.15, 0.2) is 18.2 Å². The Balaban J connectivity index is 2.28. The van der Waals surface area contributed by atoms with Gasteiger partial charge in [-0.2, -0.15) is 0 Å². The molecule has 1 fully saturated rings. The summed E-state index contributed by atoms with van der Waals surface area (Å²) in [4.78, 5) is 14.5. The molecular formula is C14H21N3O2. The molecule has 0 bridgehead atoms. The second-order valence-electron chi connectivity index (χ2n) is 5.50. The zero-order valence-corrected chi connectivity index (χ0v) is 11.7. The number of nitrogens with zero attached hydrogens (tertiary/aromatic N) is 1. The number of hydrogen-bond donors (Lipinski definition) is 2. The number of benzene rings is 1. The summed E-state index contributed by atoms with van der Waals surface area (Å²) in [6.07, 6.45) is 0. The van der Waals surface area contributed by atoms with E-state index in [1.807, 2.05) is 43.9 Å². The average Bonchev–Trinajstić information content (AvgIpc) is 2.37. The lowest BCUT2D eigenvalue weighted by Crippen LogP contribution is -2.55. The SMILES string of the molecule is Cc1cc(NN)ccc1C(=O)N1CCOCC1(C)C. The second-order valence-corrected chi connectivity index (χ2v) is 5.50. The highest BCUT2D eigenvalue weighted by Crippen LogP contribution is 2.24. The Labute approximate surface area is 113 Å². The molecule has 0 aliphatic carbocycles. The van der Waals surface area contributed by atoms with Crippen LogP contribution in [0.25, 0.3) is 0 Å². The highest BCUT2D eigenvalue weighted by atomic mass is 16.5. The first kappa shape index (κ1) is 13.8. The lowest BCUT2D eigenvalue weighted by Gasteiger charge is -2.42. The number of carbonyl (C=O) groups is 1. The van der Waals surface area contributed by atoms with Crippen molar-refractivity contribution < 1.29 is 9.53 Å². The molecule has 5 heteroatoms. The van der Waals surface area contributed by atoms with Gasteiger partial charge < -0.3 is 15.1 Å². The quantitative estimate of drug-likeness (QED) is 0.627. The number of ether oxygens (including phenoxy) is 1. The van der Waals surface area contributed by atoms with E-state index >= 15 is 0 Å².